The van der Waals surface area contributed by atoms with Crippen molar-refractivity contribution in [1.29, 1.82) is 0 Å². The summed E-state index contributed by atoms with van der Waals surface area (Å²) in [4.78, 5) is 16.1. The van der Waals surface area contributed by atoms with Gasteiger partial charge >= 0.3 is 6.18 Å². The van der Waals surface area contributed by atoms with Crippen molar-refractivity contribution >= 4 is 11.6 Å². The van der Waals surface area contributed by atoms with E-state index in [0.29, 0.717) is 11.9 Å². The van der Waals surface area contributed by atoms with Crippen LogP contribution in [0.2, 0.25) is 5.02 Å². The van der Waals surface area contributed by atoms with Crippen LogP contribution in [-0.2, 0) is 6.18 Å². The van der Waals surface area contributed by atoms with Crippen molar-refractivity contribution < 1.29 is 17.9 Å². The molecule has 0 N–H and O–H groups in total. The number of nitrogens with zero attached hydrogens (tertiary/aromatic N) is 3. The molecule has 2 aromatic heterocycles. The minimum absolute atomic E-state index is 0.0387. The fourth-order valence-corrected chi connectivity index (χ4v) is 2.53. The Morgan fingerprint density at radius 1 is 1.07 bits per heavy atom. The summed E-state index contributed by atoms with van der Waals surface area (Å²) < 4.78 is 44.3. The first kappa shape index (κ1) is 18.9. The molecule has 0 bridgehead atoms. The van der Waals surface area contributed by atoms with Crippen LogP contribution in [0.3, 0.4) is 0 Å². The molecule has 0 aliphatic rings. The lowest BCUT2D eigenvalue weighted by atomic mass is 10.1. The smallest absolute Gasteiger partial charge is 0.417 e. The molecule has 27 heavy (non-hydrogen) atoms. The van der Waals surface area contributed by atoms with Crippen LogP contribution in [0.25, 0.3) is 5.82 Å². The Morgan fingerprint density at radius 2 is 1.81 bits per heavy atom. The van der Waals surface area contributed by atoms with Crippen molar-refractivity contribution in [2.45, 2.75) is 20.0 Å². The molecule has 0 fully saturated rings. The third kappa shape index (κ3) is 3.95. The van der Waals surface area contributed by atoms with Gasteiger partial charge in [0.15, 0.2) is 16.6 Å². The zero-order chi connectivity index (χ0) is 19.8. The number of pyridine rings is 1. The van der Waals surface area contributed by atoms with Crippen LogP contribution in [0, 0.1) is 13.8 Å². The van der Waals surface area contributed by atoms with Crippen LogP contribution < -0.4 is 10.3 Å². The molecule has 5 nitrogen and oxygen atoms in total. The van der Waals surface area contributed by atoms with E-state index >= 15 is 0 Å². The predicted molar refractivity (Wildman–Crippen MR) is 93.6 cm³/mol. The highest BCUT2D eigenvalue weighted by Crippen LogP contribution is 2.30. The largest absolute Gasteiger partial charge is 0.454 e. The summed E-state index contributed by atoms with van der Waals surface area (Å²) >= 11 is 6.08. The predicted octanol–water partition coefficient (Wildman–Crippen LogP) is 4.71. The van der Waals surface area contributed by atoms with Gasteiger partial charge in [0.05, 0.1) is 11.8 Å². The highest BCUT2D eigenvalue weighted by Gasteiger charge is 2.30. The molecule has 0 saturated carbocycles. The molecular weight excluding hydrogens is 383 g/mol. The first-order valence-corrected chi connectivity index (χ1v) is 8.11. The van der Waals surface area contributed by atoms with Gasteiger partial charge in [0.25, 0.3) is 5.56 Å². The van der Waals surface area contributed by atoms with Crippen molar-refractivity contribution in [1.82, 2.24) is 14.8 Å². The second-order valence-electron chi connectivity index (χ2n) is 5.81. The summed E-state index contributed by atoms with van der Waals surface area (Å²) in [5.41, 5.74) is 0.207. The Morgan fingerprint density at radius 3 is 2.41 bits per heavy atom. The molecule has 0 amide bonds. The topological polar surface area (TPSA) is 57.0 Å². The number of ether oxygens (including phenoxy) is 1. The minimum Gasteiger partial charge on any atom is -0.454 e. The van der Waals surface area contributed by atoms with Gasteiger partial charge in [-0.05, 0) is 37.6 Å². The number of halogens is 4. The Hall–Kier alpha value is -2.87. The van der Waals surface area contributed by atoms with Crippen LogP contribution in [0.5, 0.6) is 11.5 Å². The Labute approximate surface area is 157 Å². The van der Waals surface area contributed by atoms with E-state index in [-0.39, 0.29) is 16.6 Å². The third-order valence-electron chi connectivity index (χ3n) is 3.73. The van der Waals surface area contributed by atoms with E-state index in [0.717, 1.165) is 27.9 Å². The van der Waals surface area contributed by atoms with Crippen LogP contribution >= 0.6 is 11.6 Å². The van der Waals surface area contributed by atoms with E-state index in [1.54, 1.807) is 6.07 Å². The van der Waals surface area contributed by atoms with Crippen LogP contribution in [0.1, 0.15) is 16.7 Å². The molecule has 140 valence electrons. The first-order chi connectivity index (χ1) is 12.7. The summed E-state index contributed by atoms with van der Waals surface area (Å²) in [7, 11) is 0. The van der Waals surface area contributed by atoms with Gasteiger partial charge in [-0.1, -0.05) is 29.3 Å². The molecule has 0 aliphatic heterocycles. The molecule has 0 aliphatic carbocycles. The maximum atomic E-state index is 12.6. The second-order valence-corrected chi connectivity index (χ2v) is 6.19. The SMILES string of the molecule is Cc1ccc(Oc2cnn(-c3ccc(C(F)(F)F)cn3)c(=O)c2Cl)c(C)c1. The van der Waals surface area contributed by atoms with Gasteiger partial charge in [0, 0.05) is 6.20 Å². The summed E-state index contributed by atoms with van der Waals surface area (Å²) in [6.45, 7) is 3.78. The van der Waals surface area contributed by atoms with E-state index in [4.69, 9.17) is 16.3 Å². The lowest BCUT2D eigenvalue weighted by molar-refractivity contribution is -0.137. The van der Waals surface area contributed by atoms with Gasteiger partial charge in [-0.25, -0.2) is 4.98 Å². The van der Waals surface area contributed by atoms with Gasteiger partial charge in [-0.3, -0.25) is 4.79 Å². The van der Waals surface area contributed by atoms with E-state index in [1.807, 2.05) is 26.0 Å². The first-order valence-electron chi connectivity index (χ1n) is 7.73. The molecule has 0 saturated heterocycles. The molecule has 2 heterocycles. The molecular formula is C18H13ClF3N3O2. The molecule has 0 radical (unpaired) electrons. The van der Waals surface area contributed by atoms with Crippen LogP contribution in [-0.4, -0.2) is 14.8 Å². The molecule has 0 atom stereocenters. The standard InChI is InChI=1S/C18H13ClF3N3O2/c1-10-3-5-13(11(2)7-10)27-14-9-24-25(17(26)16(14)19)15-6-4-12(8-23-15)18(20,21)22/h3-9H,1-2H3. The van der Waals surface area contributed by atoms with Crippen LogP contribution in [0.15, 0.2) is 47.5 Å². The monoisotopic (exact) mass is 395 g/mol. The average molecular weight is 396 g/mol. The quantitative estimate of drug-likeness (QED) is 0.644. The van der Waals surface area contributed by atoms with Crippen molar-refractivity contribution in [2.24, 2.45) is 0 Å². The molecule has 3 rings (SSSR count). The third-order valence-corrected chi connectivity index (χ3v) is 4.08. The normalized spacial score (nSPS) is 11.5. The van der Waals surface area contributed by atoms with Crippen molar-refractivity contribution in [3.8, 4) is 17.3 Å². The summed E-state index contributed by atoms with van der Waals surface area (Å²) in [5.74, 6) is 0.457. The number of aromatic nitrogens is 3. The van der Waals surface area contributed by atoms with Gasteiger partial charge in [0.2, 0.25) is 0 Å². The Bertz CT molecular complexity index is 1050. The fraction of sp³-hybridized carbons (Fsp3) is 0.167. The summed E-state index contributed by atoms with van der Waals surface area (Å²) in [6.07, 6.45) is -2.69. The Balaban J connectivity index is 1.94. The molecule has 9 heteroatoms. The van der Waals surface area contributed by atoms with E-state index in [2.05, 4.69) is 10.1 Å². The lowest BCUT2D eigenvalue weighted by Crippen LogP contribution is -2.23. The number of hydrogen-bond donors (Lipinski definition) is 0. The van der Waals surface area contributed by atoms with Gasteiger partial charge in [0.1, 0.15) is 5.75 Å². The minimum atomic E-state index is -4.52. The molecule has 1 aromatic carbocycles. The number of benzene rings is 1. The molecule has 3 aromatic rings. The highest BCUT2D eigenvalue weighted by atomic mass is 35.5. The van der Waals surface area contributed by atoms with Crippen molar-refractivity contribution in [2.75, 3.05) is 0 Å². The number of rotatable bonds is 3. The summed E-state index contributed by atoms with van der Waals surface area (Å²) in [6, 6.07) is 7.34. The van der Waals surface area contributed by atoms with Gasteiger partial charge < -0.3 is 4.74 Å². The van der Waals surface area contributed by atoms with Gasteiger partial charge in [-0.15, -0.1) is 0 Å². The zero-order valence-corrected chi connectivity index (χ0v) is 15.0. The van der Waals surface area contributed by atoms with E-state index in [9.17, 15) is 18.0 Å². The van der Waals surface area contributed by atoms with Crippen LogP contribution in [0.4, 0.5) is 13.2 Å². The zero-order valence-electron chi connectivity index (χ0n) is 14.2. The second kappa shape index (κ2) is 7.03. The maximum absolute atomic E-state index is 12.6. The number of alkyl halides is 3. The lowest BCUT2D eigenvalue weighted by Gasteiger charge is -2.12. The van der Waals surface area contributed by atoms with E-state index < -0.39 is 17.3 Å². The number of aryl methyl sites for hydroxylation is 2. The Kier molecular flexibility index (Phi) is 4.93. The van der Waals surface area contributed by atoms with Crippen molar-refractivity contribution in [3.05, 3.63) is 74.8 Å². The molecule has 0 unspecified atom stereocenters. The van der Waals surface area contributed by atoms with E-state index in [1.165, 1.54) is 6.20 Å². The fourth-order valence-electron chi connectivity index (χ4n) is 2.36. The van der Waals surface area contributed by atoms with Crippen molar-refractivity contribution in [3.63, 3.8) is 0 Å². The highest BCUT2D eigenvalue weighted by molar-refractivity contribution is 6.31. The average Bonchev–Trinajstić information content (AvgIpc) is 2.60. The molecule has 0 spiro atoms. The number of hydrogen-bond acceptors (Lipinski definition) is 4. The maximum Gasteiger partial charge on any atom is 0.417 e. The summed E-state index contributed by atoms with van der Waals surface area (Å²) in [5, 5.41) is 3.64. The van der Waals surface area contributed by atoms with Gasteiger partial charge in [-0.2, -0.15) is 23.0 Å².